The van der Waals surface area contributed by atoms with Gasteiger partial charge in [-0.25, -0.2) is 14.8 Å². The monoisotopic (exact) mass is 399 g/mol. The van der Waals surface area contributed by atoms with Crippen LogP contribution < -0.4 is 19.7 Å². The highest BCUT2D eigenvalue weighted by atomic mass is 16.5. The van der Waals surface area contributed by atoms with E-state index in [2.05, 4.69) is 20.2 Å². The zero-order chi connectivity index (χ0) is 20.2. The van der Waals surface area contributed by atoms with E-state index in [9.17, 15) is 4.79 Å². The van der Waals surface area contributed by atoms with Crippen molar-refractivity contribution < 1.29 is 14.3 Å². The molecule has 1 aliphatic heterocycles. The summed E-state index contributed by atoms with van der Waals surface area (Å²) in [7, 11) is 3.24. The van der Waals surface area contributed by atoms with Gasteiger partial charge < -0.3 is 24.6 Å². The second-order valence-corrected chi connectivity index (χ2v) is 7.68. The van der Waals surface area contributed by atoms with Gasteiger partial charge in [-0.15, -0.1) is 0 Å². The predicted octanol–water partition coefficient (Wildman–Crippen LogP) is 2.81. The number of amides is 2. The van der Waals surface area contributed by atoms with Gasteiger partial charge in [0, 0.05) is 43.7 Å². The van der Waals surface area contributed by atoms with E-state index in [4.69, 9.17) is 9.47 Å². The summed E-state index contributed by atoms with van der Waals surface area (Å²) >= 11 is 0. The van der Waals surface area contributed by atoms with Crippen molar-refractivity contribution in [3.05, 3.63) is 18.5 Å². The molecule has 29 heavy (non-hydrogen) atoms. The number of urea groups is 1. The first kappa shape index (κ1) is 19.5. The average Bonchev–Trinajstić information content (AvgIpc) is 2.78. The van der Waals surface area contributed by atoms with Gasteiger partial charge in [-0.2, -0.15) is 0 Å². The van der Waals surface area contributed by atoms with E-state index in [1.165, 1.54) is 19.3 Å². The first-order chi connectivity index (χ1) is 14.2. The third-order valence-corrected chi connectivity index (χ3v) is 5.92. The summed E-state index contributed by atoms with van der Waals surface area (Å²) in [5.74, 6) is 2.17. The number of piperazine rings is 1. The second kappa shape index (κ2) is 8.71. The highest BCUT2D eigenvalue weighted by Gasteiger charge is 2.25. The summed E-state index contributed by atoms with van der Waals surface area (Å²) in [4.78, 5) is 25.6. The standard InChI is InChI=1S/C21H29N5O3/c1-28-18-12-16-17(13-19(18)29-2)22-14-23-20(16)25-8-10-26(11-9-25)21(27)24-15-6-4-3-5-7-15/h12-15H,3-11H2,1-2H3,(H,24,27). The lowest BCUT2D eigenvalue weighted by Crippen LogP contribution is -2.53. The molecule has 8 heteroatoms. The van der Waals surface area contributed by atoms with Crippen LogP contribution in [0.15, 0.2) is 18.5 Å². The number of nitrogens with zero attached hydrogens (tertiary/aromatic N) is 4. The summed E-state index contributed by atoms with van der Waals surface area (Å²) in [6.07, 6.45) is 7.50. The van der Waals surface area contributed by atoms with Gasteiger partial charge in [-0.1, -0.05) is 19.3 Å². The van der Waals surface area contributed by atoms with E-state index in [0.717, 1.165) is 42.7 Å². The summed E-state index contributed by atoms with van der Waals surface area (Å²) in [5.41, 5.74) is 0.810. The van der Waals surface area contributed by atoms with Gasteiger partial charge in [-0.3, -0.25) is 0 Å². The number of aromatic nitrogens is 2. The minimum absolute atomic E-state index is 0.0653. The van der Waals surface area contributed by atoms with Crippen LogP contribution in [0.2, 0.25) is 0 Å². The number of hydrogen-bond donors (Lipinski definition) is 1. The van der Waals surface area contributed by atoms with Crippen molar-refractivity contribution in [1.82, 2.24) is 20.2 Å². The average molecular weight is 399 g/mol. The van der Waals surface area contributed by atoms with Crippen LogP contribution in [-0.4, -0.2) is 67.3 Å². The molecule has 2 aliphatic rings. The molecule has 2 amide bonds. The highest BCUT2D eigenvalue weighted by Crippen LogP contribution is 2.34. The molecule has 2 heterocycles. The first-order valence-electron chi connectivity index (χ1n) is 10.4. The molecular weight excluding hydrogens is 370 g/mol. The third-order valence-electron chi connectivity index (χ3n) is 5.92. The fraction of sp³-hybridized carbons (Fsp3) is 0.571. The Morgan fingerprint density at radius 3 is 2.38 bits per heavy atom. The number of ether oxygens (including phenoxy) is 2. The van der Waals surface area contributed by atoms with Gasteiger partial charge in [0.2, 0.25) is 0 Å². The largest absolute Gasteiger partial charge is 0.493 e. The van der Waals surface area contributed by atoms with Crippen molar-refractivity contribution in [2.45, 2.75) is 38.1 Å². The second-order valence-electron chi connectivity index (χ2n) is 7.68. The molecule has 2 aromatic rings. The number of carbonyl (C=O) groups is 1. The fourth-order valence-corrected chi connectivity index (χ4v) is 4.26. The van der Waals surface area contributed by atoms with Gasteiger partial charge >= 0.3 is 6.03 Å². The lowest BCUT2D eigenvalue weighted by Gasteiger charge is -2.36. The van der Waals surface area contributed by atoms with Gasteiger partial charge in [0.1, 0.15) is 12.1 Å². The molecule has 0 unspecified atom stereocenters. The first-order valence-corrected chi connectivity index (χ1v) is 10.4. The summed E-state index contributed by atoms with van der Waals surface area (Å²) in [6, 6.07) is 4.19. The van der Waals surface area contributed by atoms with Crippen molar-refractivity contribution in [2.75, 3.05) is 45.3 Å². The van der Waals surface area contributed by atoms with Crippen molar-refractivity contribution in [3.8, 4) is 11.5 Å². The molecule has 156 valence electrons. The van der Waals surface area contributed by atoms with Gasteiger partial charge in [-0.05, 0) is 18.9 Å². The number of rotatable bonds is 4. The van der Waals surface area contributed by atoms with Crippen LogP contribution in [0.5, 0.6) is 11.5 Å². The van der Waals surface area contributed by atoms with Crippen LogP contribution in [0.3, 0.4) is 0 Å². The van der Waals surface area contributed by atoms with Crippen LogP contribution in [0, 0.1) is 0 Å². The Morgan fingerprint density at radius 1 is 1.00 bits per heavy atom. The van der Waals surface area contributed by atoms with E-state index >= 15 is 0 Å². The molecule has 4 rings (SSSR count). The van der Waals surface area contributed by atoms with Crippen LogP contribution in [0.25, 0.3) is 10.9 Å². The normalized spacial score (nSPS) is 18.0. The van der Waals surface area contributed by atoms with Crippen LogP contribution in [0.4, 0.5) is 10.6 Å². The molecule has 8 nitrogen and oxygen atoms in total. The zero-order valence-corrected chi connectivity index (χ0v) is 17.2. The molecule has 1 aliphatic carbocycles. The Balaban J connectivity index is 1.45. The molecule has 1 aromatic heterocycles. The quantitative estimate of drug-likeness (QED) is 0.852. The molecule has 0 atom stereocenters. The molecule has 0 bridgehead atoms. The Labute approximate surface area is 171 Å². The minimum Gasteiger partial charge on any atom is -0.493 e. The Bertz CT molecular complexity index is 861. The molecule has 0 spiro atoms. The summed E-state index contributed by atoms with van der Waals surface area (Å²) in [5, 5.41) is 4.13. The maximum absolute atomic E-state index is 12.6. The fourth-order valence-electron chi connectivity index (χ4n) is 4.26. The minimum atomic E-state index is 0.0653. The highest BCUT2D eigenvalue weighted by molar-refractivity contribution is 5.92. The lowest BCUT2D eigenvalue weighted by molar-refractivity contribution is 0.186. The summed E-state index contributed by atoms with van der Waals surface area (Å²) < 4.78 is 10.8. The Kier molecular flexibility index (Phi) is 5.87. The maximum Gasteiger partial charge on any atom is 0.317 e. The smallest absolute Gasteiger partial charge is 0.317 e. The summed E-state index contributed by atoms with van der Waals surface area (Å²) in [6.45, 7) is 2.83. The lowest BCUT2D eigenvalue weighted by atomic mass is 9.96. The molecule has 0 radical (unpaired) electrons. The number of carbonyl (C=O) groups excluding carboxylic acids is 1. The van der Waals surface area contributed by atoms with Crippen molar-refractivity contribution in [3.63, 3.8) is 0 Å². The molecule has 1 N–H and O–H groups in total. The SMILES string of the molecule is COc1cc2ncnc(N3CCN(C(=O)NC4CCCCC4)CC3)c2cc1OC. The number of benzene rings is 1. The molecular formula is C21H29N5O3. The van der Waals surface area contributed by atoms with Gasteiger partial charge in [0.25, 0.3) is 0 Å². The van der Waals surface area contributed by atoms with Crippen LogP contribution >= 0.6 is 0 Å². The topological polar surface area (TPSA) is 79.8 Å². The van der Waals surface area contributed by atoms with E-state index in [0.29, 0.717) is 30.6 Å². The van der Waals surface area contributed by atoms with E-state index in [1.54, 1.807) is 20.5 Å². The van der Waals surface area contributed by atoms with Crippen LogP contribution in [0.1, 0.15) is 32.1 Å². The zero-order valence-electron chi connectivity index (χ0n) is 17.2. The molecule has 2 fully saturated rings. The van der Waals surface area contributed by atoms with Crippen molar-refractivity contribution in [2.24, 2.45) is 0 Å². The molecule has 1 saturated carbocycles. The van der Waals surface area contributed by atoms with E-state index in [1.807, 2.05) is 17.0 Å². The van der Waals surface area contributed by atoms with Crippen LogP contribution in [-0.2, 0) is 0 Å². The third kappa shape index (κ3) is 4.16. The van der Waals surface area contributed by atoms with Crippen molar-refractivity contribution in [1.29, 1.82) is 0 Å². The van der Waals surface area contributed by atoms with Gasteiger partial charge in [0.15, 0.2) is 11.5 Å². The Morgan fingerprint density at radius 2 is 1.69 bits per heavy atom. The molecule has 1 saturated heterocycles. The number of nitrogens with one attached hydrogen (secondary N) is 1. The van der Waals surface area contributed by atoms with E-state index in [-0.39, 0.29) is 6.03 Å². The van der Waals surface area contributed by atoms with Gasteiger partial charge in [0.05, 0.1) is 19.7 Å². The van der Waals surface area contributed by atoms with E-state index < -0.39 is 0 Å². The number of hydrogen-bond acceptors (Lipinski definition) is 6. The number of anilines is 1. The molecule has 1 aromatic carbocycles. The van der Waals surface area contributed by atoms with Crippen molar-refractivity contribution >= 4 is 22.8 Å². The number of methoxy groups -OCH3 is 2. The predicted molar refractivity (Wildman–Crippen MR) is 112 cm³/mol. The number of fused-ring (bicyclic) bond motifs is 1. The Hall–Kier alpha value is -2.77. The maximum atomic E-state index is 12.6.